The smallest absolute Gasteiger partial charge is 0.398 e. The number of fused-ring (bicyclic) bond motifs is 1. The van der Waals surface area contributed by atoms with Crippen LogP contribution in [0.4, 0.5) is 32.4 Å². The van der Waals surface area contributed by atoms with E-state index in [1.54, 1.807) is 0 Å². The molecule has 1 amide bonds. The van der Waals surface area contributed by atoms with E-state index in [2.05, 4.69) is 42.6 Å². The molecule has 200 valence electrons. The predicted molar refractivity (Wildman–Crippen MR) is 135 cm³/mol. The van der Waals surface area contributed by atoms with Gasteiger partial charge < -0.3 is 19.4 Å². The van der Waals surface area contributed by atoms with E-state index in [-0.39, 0.29) is 47.6 Å². The monoisotopic (exact) mass is 559 g/mol. The first-order chi connectivity index (χ1) is 17.2. The van der Waals surface area contributed by atoms with Crippen LogP contribution in [-0.2, 0) is 16.9 Å². The summed E-state index contributed by atoms with van der Waals surface area (Å²) < 4.78 is 84.6. The maximum absolute atomic E-state index is 14.7. The molecule has 0 spiro atoms. The maximum Gasteiger partial charge on any atom is 0.398 e. The average molecular weight is 560 g/mol. The summed E-state index contributed by atoms with van der Waals surface area (Å²) in [5.41, 5.74) is -2.23. The molecule has 13 heteroatoms. The van der Waals surface area contributed by atoms with Crippen molar-refractivity contribution in [3.8, 4) is 11.5 Å². The summed E-state index contributed by atoms with van der Waals surface area (Å²) in [7, 11) is -1.38. The number of rotatable bonds is 9. The maximum atomic E-state index is 14.7. The molecule has 0 unspecified atom stereocenters. The highest BCUT2D eigenvalue weighted by molar-refractivity contribution is 7.96. The zero-order chi connectivity index (χ0) is 27.2. The van der Waals surface area contributed by atoms with Gasteiger partial charge in [-0.25, -0.2) is 13.8 Å². The quantitative estimate of drug-likeness (QED) is 0.124. The summed E-state index contributed by atoms with van der Waals surface area (Å²) in [5.74, 6) is -3.32. The predicted octanol–water partition coefficient (Wildman–Crippen LogP) is 7.47. The summed E-state index contributed by atoms with van der Waals surface area (Å²) in [6, 6.07) is 3.77. The fourth-order valence-electron chi connectivity index (χ4n) is 4.07. The number of pyridine rings is 1. The van der Waals surface area contributed by atoms with Crippen LogP contribution < -0.4 is 10.1 Å². The Labute approximate surface area is 216 Å². The van der Waals surface area contributed by atoms with Crippen molar-refractivity contribution in [1.29, 1.82) is 0 Å². The molecule has 4 rings (SSSR count). The van der Waals surface area contributed by atoms with Crippen molar-refractivity contribution >= 4 is 42.7 Å². The number of hydrogen-bond donors (Lipinski definition) is 2. The molecule has 37 heavy (non-hydrogen) atoms. The second kappa shape index (κ2) is 9.91. The number of nitrogens with one attached hydrogen (secondary N) is 1. The van der Waals surface area contributed by atoms with E-state index in [1.807, 2.05) is 0 Å². The summed E-state index contributed by atoms with van der Waals surface area (Å²) in [5, 5.41) is 1.32. The van der Waals surface area contributed by atoms with Crippen LogP contribution in [0.3, 0.4) is 0 Å². The minimum Gasteiger partial charge on any atom is -0.450 e. The first kappa shape index (κ1) is 27.4. The Morgan fingerprint density at radius 3 is 2.41 bits per heavy atom. The molecule has 0 atom stereocenters. The van der Waals surface area contributed by atoms with E-state index in [0.717, 1.165) is 18.2 Å². The third-order valence-electron chi connectivity index (χ3n) is 6.22. The number of alkyl halides is 3. The summed E-state index contributed by atoms with van der Waals surface area (Å²) in [6.07, 6.45) is -2.15. The molecule has 2 aromatic heterocycles. The van der Waals surface area contributed by atoms with Gasteiger partial charge in [-0.1, -0.05) is 32.3 Å². The fourth-order valence-corrected chi connectivity index (χ4v) is 4.95. The van der Waals surface area contributed by atoms with E-state index in [0.29, 0.717) is 6.61 Å². The van der Waals surface area contributed by atoms with Gasteiger partial charge in [-0.2, -0.15) is 13.2 Å². The summed E-state index contributed by atoms with van der Waals surface area (Å²) >= 11 is 3.50. The molecular formula is C24H26F5N3O3SSi. The van der Waals surface area contributed by atoms with Gasteiger partial charge in [0.2, 0.25) is 0 Å². The molecule has 1 aromatic carbocycles. The number of benzene rings is 1. The number of carbonyl (C=O) groups excluding carboxylic acids is 1. The van der Waals surface area contributed by atoms with Gasteiger partial charge in [0.05, 0.1) is 10.8 Å². The van der Waals surface area contributed by atoms with E-state index < -0.39 is 42.3 Å². The minimum absolute atomic E-state index is 0.0117. The van der Waals surface area contributed by atoms with Crippen molar-refractivity contribution in [2.75, 3.05) is 11.9 Å². The zero-order valence-corrected chi connectivity index (χ0v) is 22.3. The summed E-state index contributed by atoms with van der Waals surface area (Å²) in [6.45, 7) is 6.95. The number of anilines is 1. The van der Waals surface area contributed by atoms with Gasteiger partial charge in [-0.15, -0.1) is 0 Å². The minimum atomic E-state index is -4.54. The number of halogens is 5. The Hall–Kier alpha value is -2.64. The van der Waals surface area contributed by atoms with Crippen molar-refractivity contribution < 1.29 is 36.2 Å². The van der Waals surface area contributed by atoms with Crippen molar-refractivity contribution in [1.82, 2.24) is 9.55 Å². The number of ether oxygens (including phenoxy) is 2. The number of thiol groups is 1. The second-order valence-electron chi connectivity index (χ2n) is 10.2. The number of hydrogen-bond acceptors (Lipinski definition) is 4. The third kappa shape index (κ3) is 5.78. The molecule has 0 saturated heterocycles. The molecule has 1 fully saturated rings. The molecule has 3 aromatic rings. The van der Waals surface area contributed by atoms with Crippen LogP contribution in [0.25, 0.3) is 11.0 Å². The van der Waals surface area contributed by atoms with Gasteiger partial charge in [-0.3, -0.25) is 4.79 Å². The van der Waals surface area contributed by atoms with Crippen LogP contribution in [0.5, 0.6) is 11.5 Å². The topological polar surface area (TPSA) is 65.4 Å². The highest BCUT2D eigenvalue weighted by Gasteiger charge is 2.65. The van der Waals surface area contributed by atoms with E-state index >= 15 is 0 Å². The molecule has 1 N–H and O–H groups in total. The highest BCUT2D eigenvalue weighted by Crippen LogP contribution is 2.61. The standard InChI is InChI=1S/C24H26F5N3O3SSi/c1-37(2,3)9-8-34-13-32-12-15(23(5-6-23)24(27,28)29)19-18(4-7-30-21(19)32)35-20-16(25)10-14(11-17(20)26)31-22(33)36/h4,7,10-12H,5-6,8-9,13H2,1-3H3,(H2,31,33,36). The number of nitrogens with zero attached hydrogens (tertiary/aromatic N) is 2. The van der Waals surface area contributed by atoms with Gasteiger partial charge in [0.1, 0.15) is 18.1 Å². The lowest BCUT2D eigenvalue weighted by molar-refractivity contribution is -0.160. The molecule has 0 radical (unpaired) electrons. The van der Waals surface area contributed by atoms with Crippen LogP contribution in [0.2, 0.25) is 25.7 Å². The van der Waals surface area contributed by atoms with Gasteiger partial charge in [0, 0.05) is 44.9 Å². The van der Waals surface area contributed by atoms with Gasteiger partial charge in [-0.05, 0) is 30.5 Å². The summed E-state index contributed by atoms with van der Waals surface area (Å²) in [4.78, 5) is 15.3. The van der Waals surface area contributed by atoms with Crippen LogP contribution >= 0.6 is 12.6 Å². The van der Waals surface area contributed by atoms with Crippen LogP contribution in [0, 0.1) is 11.6 Å². The Morgan fingerprint density at radius 1 is 1.22 bits per heavy atom. The SMILES string of the molecule is C[Si](C)(C)CCOCn1cc(C2(C(F)(F)F)CC2)c2c(Oc3c(F)cc(NC(=O)S)cc3F)ccnc21. The van der Waals surface area contributed by atoms with E-state index in [4.69, 9.17) is 9.47 Å². The first-order valence-electron chi connectivity index (χ1n) is 11.5. The Morgan fingerprint density at radius 2 is 1.86 bits per heavy atom. The van der Waals surface area contributed by atoms with Gasteiger partial charge in [0.15, 0.2) is 17.4 Å². The highest BCUT2D eigenvalue weighted by atomic mass is 32.1. The third-order valence-corrected chi connectivity index (χ3v) is 8.03. The van der Waals surface area contributed by atoms with Gasteiger partial charge >= 0.3 is 6.18 Å². The Kier molecular flexibility index (Phi) is 7.34. The van der Waals surface area contributed by atoms with Crippen LogP contribution in [0.1, 0.15) is 18.4 Å². The van der Waals surface area contributed by atoms with Crippen molar-refractivity contribution in [2.24, 2.45) is 0 Å². The molecule has 6 nitrogen and oxygen atoms in total. The Balaban J connectivity index is 1.76. The van der Waals surface area contributed by atoms with Crippen LogP contribution in [0.15, 0.2) is 30.6 Å². The van der Waals surface area contributed by atoms with E-state index in [9.17, 15) is 26.7 Å². The normalized spacial score (nSPS) is 15.2. The number of aromatic nitrogens is 2. The number of carbonyl (C=O) groups is 1. The van der Waals surface area contributed by atoms with Crippen molar-refractivity contribution in [3.63, 3.8) is 0 Å². The molecule has 0 aliphatic heterocycles. The van der Waals surface area contributed by atoms with Crippen molar-refractivity contribution in [2.45, 2.75) is 56.8 Å². The lowest BCUT2D eigenvalue weighted by atomic mass is 9.95. The molecule has 1 aliphatic carbocycles. The fraction of sp³-hybridized carbons (Fsp3) is 0.417. The lowest BCUT2D eigenvalue weighted by Crippen LogP contribution is -2.28. The molecule has 2 heterocycles. The van der Waals surface area contributed by atoms with Gasteiger partial charge in [0.25, 0.3) is 5.24 Å². The Bertz CT molecular complexity index is 1310. The van der Waals surface area contributed by atoms with Crippen LogP contribution in [-0.4, -0.2) is 35.6 Å². The molecule has 1 saturated carbocycles. The number of amides is 1. The second-order valence-corrected chi connectivity index (χ2v) is 16.3. The zero-order valence-electron chi connectivity index (χ0n) is 20.4. The molecule has 1 aliphatic rings. The van der Waals surface area contributed by atoms with E-state index in [1.165, 1.54) is 23.0 Å². The largest absolute Gasteiger partial charge is 0.450 e. The molecular weight excluding hydrogens is 533 g/mol. The van der Waals surface area contributed by atoms with Crippen molar-refractivity contribution in [3.05, 3.63) is 47.8 Å². The molecule has 0 bridgehead atoms. The lowest BCUT2D eigenvalue weighted by Gasteiger charge is -2.19. The first-order valence-corrected chi connectivity index (χ1v) is 15.7. The average Bonchev–Trinajstić information content (AvgIpc) is 3.50.